The van der Waals surface area contributed by atoms with Crippen LogP contribution in [0.3, 0.4) is 0 Å². The van der Waals surface area contributed by atoms with Crippen molar-refractivity contribution in [1.29, 1.82) is 5.26 Å². The second-order valence-electron chi connectivity index (χ2n) is 9.30. The Hall–Kier alpha value is -4.55. The van der Waals surface area contributed by atoms with E-state index in [-0.39, 0.29) is 0 Å². The van der Waals surface area contributed by atoms with Gasteiger partial charge in [-0.25, -0.2) is 4.98 Å². The normalized spacial score (nSPS) is 11.0. The highest BCUT2D eigenvalue weighted by Crippen LogP contribution is 2.37. The molecule has 7 nitrogen and oxygen atoms in total. The lowest BCUT2D eigenvalue weighted by Crippen LogP contribution is -2.16. The molecule has 0 aliphatic carbocycles. The maximum Gasteiger partial charge on any atom is 0.134 e. The Morgan fingerprint density at radius 3 is 2.71 bits per heavy atom. The summed E-state index contributed by atoms with van der Waals surface area (Å²) in [5.41, 5.74) is 3.58. The average molecular weight is 577 g/mol. The minimum absolute atomic E-state index is 0.449. The number of hydrogen-bond acceptors (Lipinski definition) is 7. The smallest absolute Gasteiger partial charge is 0.134 e. The Kier molecular flexibility index (Phi) is 8.01. The quantitative estimate of drug-likeness (QED) is 0.142. The molecule has 3 heterocycles. The minimum atomic E-state index is 0.449. The van der Waals surface area contributed by atoms with Gasteiger partial charge in [0, 0.05) is 58.0 Å². The van der Waals surface area contributed by atoms with Crippen LogP contribution in [0.5, 0.6) is 0 Å². The molecule has 3 aromatic carbocycles. The van der Waals surface area contributed by atoms with Gasteiger partial charge < -0.3 is 20.0 Å². The SMILES string of the molecule is N#Cc1cnc2cc(-c3ccc(CNCCc4ncc[nH]4)o3)ccc2c1Nc1ccc(Sc2ccccc2)c(Cl)c1. The number of imidazole rings is 1. The first kappa shape index (κ1) is 26.7. The summed E-state index contributed by atoms with van der Waals surface area (Å²) in [7, 11) is 0. The summed E-state index contributed by atoms with van der Waals surface area (Å²) in [5.74, 6) is 2.56. The second-order valence-corrected chi connectivity index (χ2v) is 10.8. The number of nitrogens with one attached hydrogen (secondary N) is 3. The summed E-state index contributed by atoms with van der Waals surface area (Å²) in [4.78, 5) is 14.0. The number of pyridine rings is 1. The summed E-state index contributed by atoms with van der Waals surface area (Å²) in [6.07, 6.45) is 5.99. The molecule has 0 atom stereocenters. The first-order chi connectivity index (χ1) is 20.2. The van der Waals surface area contributed by atoms with E-state index in [4.69, 9.17) is 16.0 Å². The van der Waals surface area contributed by atoms with E-state index in [9.17, 15) is 5.26 Å². The van der Waals surface area contributed by atoms with Crippen LogP contribution in [0, 0.1) is 11.3 Å². The maximum atomic E-state index is 9.81. The molecule has 9 heteroatoms. The van der Waals surface area contributed by atoms with Crippen molar-refractivity contribution in [3.05, 3.63) is 120 Å². The fraction of sp³-hybridized carbons (Fsp3) is 0.0938. The number of rotatable bonds is 10. The number of nitrogens with zero attached hydrogens (tertiary/aromatic N) is 3. The number of fused-ring (bicyclic) bond motifs is 1. The Morgan fingerprint density at radius 1 is 1.00 bits per heavy atom. The van der Waals surface area contributed by atoms with Crippen molar-refractivity contribution in [2.24, 2.45) is 0 Å². The molecule has 0 unspecified atom stereocenters. The molecule has 0 spiro atoms. The summed E-state index contributed by atoms with van der Waals surface area (Å²) in [5, 5.41) is 18.1. The molecule has 6 aromatic rings. The first-order valence-corrected chi connectivity index (χ1v) is 14.3. The predicted octanol–water partition coefficient (Wildman–Crippen LogP) is 7.97. The van der Waals surface area contributed by atoms with Gasteiger partial charge in [-0.3, -0.25) is 4.98 Å². The van der Waals surface area contributed by atoms with Gasteiger partial charge in [0.05, 0.1) is 28.3 Å². The van der Waals surface area contributed by atoms with E-state index in [1.807, 2.05) is 85.1 Å². The lowest BCUT2D eigenvalue weighted by Gasteiger charge is -2.13. The molecule has 202 valence electrons. The van der Waals surface area contributed by atoms with Crippen LogP contribution in [-0.2, 0) is 13.0 Å². The van der Waals surface area contributed by atoms with Gasteiger partial charge in [0.15, 0.2) is 0 Å². The van der Waals surface area contributed by atoms with Crippen molar-refractivity contribution in [1.82, 2.24) is 20.3 Å². The van der Waals surface area contributed by atoms with E-state index in [2.05, 4.69) is 31.7 Å². The maximum absolute atomic E-state index is 9.81. The molecule has 3 aromatic heterocycles. The highest BCUT2D eigenvalue weighted by atomic mass is 35.5. The van der Waals surface area contributed by atoms with Crippen LogP contribution >= 0.6 is 23.4 Å². The fourth-order valence-corrected chi connectivity index (χ4v) is 5.60. The summed E-state index contributed by atoms with van der Waals surface area (Å²) < 4.78 is 6.10. The van der Waals surface area contributed by atoms with Crippen molar-refractivity contribution >= 4 is 45.6 Å². The van der Waals surface area contributed by atoms with Crippen molar-refractivity contribution in [3.63, 3.8) is 0 Å². The molecule has 41 heavy (non-hydrogen) atoms. The van der Waals surface area contributed by atoms with Crippen molar-refractivity contribution in [2.75, 3.05) is 11.9 Å². The van der Waals surface area contributed by atoms with Gasteiger partial charge in [-0.2, -0.15) is 5.26 Å². The molecule has 0 radical (unpaired) electrons. The molecule has 6 rings (SSSR count). The molecule has 3 N–H and O–H groups in total. The van der Waals surface area contributed by atoms with Gasteiger partial charge >= 0.3 is 0 Å². The molecule has 0 saturated heterocycles. The van der Waals surface area contributed by atoms with Crippen LogP contribution in [-0.4, -0.2) is 21.5 Å². The van der Waals surface area contributed by atoms with Crippen molar-refractivity contribution < 1.29 is 4.42 Å². The molecule has 0 saturated carbocycles. The number of aromatic amines is 1. The van der Waals surface area contributed by atoms with Crippen LogP contribution in [0.1, 0.15) is 17.1 Å². The third-order valence-corrected chi connectivity index (χ3v) is 8.01. The van der Waals surface area contributed by atoms with E-state index in [0.717, 1.165) is 62.3 Å². The fourth-order valence-electron chi connectivity index (χ4n) is 4.47. The Bertz CT molecular complexity index is 1830. The zero-order chi connectivity index (χ0) is 28.0. The van der Waals surface area contributed by atoms with Crippen LogP contribution in [0.2, 0.25) is 5.02 Å². The molecule has 0 bridgehead atoms. The number of nitriles is 1. The zero-order valence-electron chi connectivity index (χ0n) is 21.9. The van der Waals surface area contributed by atoms with Gasteiger partial charge in [0.25, 0.3) is 0 Å². The minimum Gasteiger partial charge on any atom is -0.460 e. The van der Waals surface area contributed by atoms with E-state index in [1.54, 1.807) is 24.2 Å². The molecule has 0 amide bonds. The number of hydrogen-bond donors (Lipinski definition) is 3. The lowest BCUT2D eigenvalue weighted by atomic mass is 10.1. The van der Waals surface area contributed by atoms with Crippen molar-refractivity contribution in [2.45, 2.75) is 22.8 Å². The Morgan fingerprint density at radius 2 is 1.90 bits per heavy atom. The van der Waals surface area contributed by atoms with E-state index >= 15 is 0 Å². The number of furan rings is 1. The Balaban J connectivity index is 1.19. The van der Waals surface area contributed by atoms with E-state index < -0.39 is 0 Å². The third-order valence-electron chi connectivity index (χ3n) is 6.50. The molecular formula is C32H25ClN6OS. The van der Waals surface area contributed by atoms with Gasteiger partial charge in [-0.15, -0.1) is 0 Å². The molecule has 0 aliphatic heterocycles. The third kappa shape index (κ3) is 6.28. The summed E-state index contributed by atoms with van der Waals surface area (Å²) in [6, 6.07) is 28.0. The van der Waals surface area contributed by atoms with Gasteiger partial charge in [-0.1, -0.05) is 47.6 Å². The second kappa shape index (κ2) is 12.3. The van der Waals surface area contributed by atoms with E-state index in [0.29, 0.717) is 22.8 Å². The van der Waals surface area contributed by atoms with Crippen LogP contribution in [0.25, 0.3) is 22.2 Å². The van der Waals surface area contributed by atoms with E-state index in [1.165, 1.54) is 0 Å². The number of halogens is 1. The highest BCUT2D eigenvalue weighted by Gasteiger charge is 2.13. The first-order valence-electron chi connectivity index (χ1n) is 13.1. The lowest BCUT2D eigenvalue weighted by molar-refractivity contribution is 0.494. The monoisotopic (exact) mass is 576 g/mol. The highest BCUT2D eigenvalue weighted by molar-refractivity contribution is 7.99. The standard InChI is InChI=1S/C32H25ClN6OS/c33-27-17-23(7-11-30(27)41-25-4-2-1-3-5-25)39-32-22(18-34)19-38-28-16-21(6-9-26(28)32)29-10-8-24(40-29)20-35-13-12-31-36-14-15-37-31/h1-11,14-17,19,35H,12-13,20H2,(H,36,37)(H,38,39). The number of benzene rings is 3. The van der Waals surface area contributed by atoms with Gasteiger partial charge in [0.1, 0.15) is 23.4 Å². The molecular weight excluding hydrogens is 552 g/mol. The average Bonchev–Trinajstić information content (AvgIpc) is 3.70. The van der Waals surface area contributed by atoms with Gasteiger partial charge in [-0.05, 0) is 54.6 Å². The molecule has 0 fully saturated rings. The predicted molar refractivity (Wildman–Crippen MR) is 163 cm³/mol. The van der Waals surface area contributed by atoms with Crippen LogP contribution in [0.4, 0.5) is 11.4 Å². The zero-order valence-corrected chi connectivity index (χ0v) is 23.5. The largest absolute Gasteiger partial charge is 0.460 e. The summed E-state index contributed by atoms with van der Waals surface area (Å²) in [6.45, 7) is 1.41. The number of anilines is 2. The van der Waals surface area contributed by atoms with Crippen molar-refractivity contribution in [3.8, 4) is 17.4 Å². The number of H-pyrrole nitrogens is 1. The van der Waals surface area contributed by atoms with Crippen LogP contribution in [0.15, 0.2) is 112 Å². The topological polar surface area (TPSA) is 103 Å². The Labute approximate surface area is 246 Å². The molecule has 0 aliphatic rings. The summed E-state index contributed by atoms with van der Waals surface area (Å²) >= 11 is 8.24. The van der Waals surface area contributed by atoms with Gasteiger partial charge in [0.2, 0.25) is 0 Å². The van der Waals surface area contributed by atoms with Crippen LogP contribution < -0.4 is 10.6 Å². The number of aromatic nitrogens is 3.